The number of aryl methyl sites for hydroxylation is 4. The molecule has 0 aromatic carbocycles. The Balaban J connectivity index is 0.000000847. The molecule has 0 saturated heterocycles. The first-order chi connectivity index (χ1) is 10.5. The van der Waals surface area contributed by atoms with Gasteiger partial charge in [-0.05, 0) is 39.7 Å². The lowest BCUT2D eigenvalue weighted by molar-refractivity contribution is 0.678. The standard InChI is InChI=1S/C15H19N5.C2H6/c1-9-7-16-11(3)19-15(9)20-6-5-13-10(2)17-12(4)18-14(13)8-20;1-2/h7H,5-6,8H2,1-4H3;1-2H3. The fourth-order valence-corrected chi connectivity index (χ4v) is 2.79. The van der Waals surface area contributed by atoms with E-state index in [2.05, 4.69) is 38.7 Å². The Morgan fingerprint density at radius 3 is 2.41 bits per heavy atom. The Bertz CT molecular complexity index is 666. The van der Waals surface area contributed by atoms with Crippen LogP contribution in [0.15, 0.2) is 6.20 Å². The topological polar surface area (TPSA) is 54.8 Å². The maximum absolute atomic E-state index is 4.61. The van der Waals surface area contributed by atoms with Crippen LogP contribution in [0.25, 0.3) is 0 Å². The zero-order valence-electron chi connectivity index (χ0n) is 14.4. The predicted octanol–water partition coefficient (Wildman–Crippen LogP) is 3.09. The summed E-state index contributed by atoms with van der Waals surface area (Å²) in [4.78, 5) is 20.2. The van der Waals surface area contributed by atoms with Gasteiger partial charge in [0.2, 0.25) is 0 Å². The molecule has 0 saturated carbocycles. The summed E-state index contributed by atoms with van der Waals surface area (Å²) >= 11 is 0. The summed E-state index contributed by atoms with van der Waals surface area (Å²) < 4.78 is 0. The third kappa shape index (κ3) is 3.24. The third-order valence-electron chi connectivity index (χ3n) is 3.75. The smallest absolute Gasteiger partial charge is 0.135 e. The minimum atomic E-state index is 0.802. The van der Waals surface area contributed by atoms with Crippen molar-refractivity contribution in [2.75, 3.05) is 11.4 Å². The van der Waals surface area contributed by atoms with Crippen molar-refractivity contribution in [2.24, 2.45) is 0 Å². The van der Waals surface area contributed by atoms with Gasteiger partial charge in [0, 0.05) is 24.0 Å². The maximum atomic E-state index is 4.61. The summed E-state index contributed by atoms with van der Waals surface area (Å²) in [5.41, 5.74) is 4.66. The zero-order valence-corrected chi connectivity index (χ0v) is 14.4. The van der Waals surface area contributed by atoms with Crippen LogP contribution in [-0.2, 0) is 13.0 Å². The van der Waals surface area contributed by atoms with Crippen molar-refractivity contribution in [1.82, 2.24) is 19.9 Å². The lowest BCUT2D eigenvalue weighted by atomic mass is 10.0. The quantitative estimate of drug-likeness (QED) is 0.810. The molecule has 0 fully saturated rings. The van der Waals surface area contributed by atoms with E-state index in [1.807, 2.05) is 33.9 Å². The molecule has 1 aliphatic heterocycles. The molecule has 22 heavy (non-hydrogen) atoms. The Hall–Kier alpha value is -2.04. The van der Waals surface area contributed by atoms with Gasteiger partial charge in [0.05, 0.1) is 12.2 Å². The number of hydrogen-bond donors (Lipinski definition) is 0. The lowest BCUT2D eigenvalue weighted by Crippen LogP contribution is -2.33. The highest BCUT2D eigenvalue weighted by Crippen LogP contribution is 2.25. The molecule has 3 heterocycles. The lowest BCUT2D eigenvalue weighted by Gasteiger charge is -2.30. The molecule has 5 heteroatoms. The molecule has 0 aliphatic carbocycles. The van der Waals surface area contributed by atoms with Gasteiger partial charge in [-0.2, -0.15) is 0 Å². The summed E-state index contributed by atoms with van der Waals surface area (Å²) in [5.74, 6) is 2.68. The first kappa shape index (κ1) is 16.3. The van der Waals surface area contributed by atoms with Crippen molar-refractivity contribution in [3.63, 3.8) is 0 Å². The van der Waals surface area contributed by atoms with E-state index in [-0.39, 0.29) is 0 Å². The molecule has 118 valence electrons. The molecule has 0 spiro atoms. The van der Waals surface area contributed by atoms with Gasteiger partial charge in [-0.25, -0.2) is 19.9 Å². The molecule has 5 nitrogen and oxygen atoms in total. The van der Waals surface area contributed by atoms with Gasteiger partial charge in [-0.3, -0.25) is 0 Å². The van der Waals surface area contributed by atoms with Crippen LogP contribution in [0.1, 0.15) is 48.0 Å². The number of anilines is 1. The molecular weight excluding hydrogens is 274 g/mol. The Labute approximate surface area is 132 Å². The highest BCUT2D eigenvalue weighted by Gasteiger charge is 2.22. The zero-order chi connectivity index (χ0) is 16.3. The monoisotopic (exact) mass is 299 g/mol. The van der Waals surface area contributed by atoms with Gasteiger partial charge < -0.3 is 4.90 Å². The number of fused-ring (bicyclic) bond motifs is 1. The minimum Gasteiger partial charge on any atom is -0.350 e. The second-order valence-corrected chi connectivity index (χ2v) is 5.38. The van der Waals surface area contributed by atoms with E-state index in [0.717, 1.165) is 53.9 Å². The van der Waals surface area contributed by atoms with E-state index in [9.17, 15) is 0 Å². The molecule has 2 aromatic heterocycles. The van der Waals surface area contributed by atoms with Gasteiger partial charge in [-0.15, -0.1) is 0 Å². The maximum Gasteiger partial charge on any atom is 0.135 e. The largest absolute Gasteiger partial charge is 0.350 e. The molecule has 0 amide bonds. The average molecular weight is 299 g/mol. The Morgan fingerprint density at radius 1 is 0.955 bits per heavy atom. The van der Waals surface area contributed by atoms with Crippen LogP contribution in [0, 0.1) is 27.7 Å². The van der Waals surface area contributed by atoms with Crippen LogP contribution >= 0.6 is 0 Å². The van der Waals surface area contributed by atoms with E-state index in [4.69, 9.17) is 0 Å². The van der Waals surface area contributed by atoms with Crippen LogP contribution in [-0.4, -0.2) is 26.5 Å². The molecule has 0 N–H and O–H groups in total. The molecule has 2 aromatic rings. The summed E-state index contributed by atoms with van der Waals surface area (Å²) in [6.45, 7) is 13.8. The molecule has 0 bridgehead atoms. The highest BCUT2D eigenvalue weighted by atomic mass is 15.2. The van der Waals surface area contributed by atoms with Crippen LogP contribution in [0.2, 0.25) is 0 Å². The van der Waals surface area contributed by atoms with E-state index in [1.54, 1.807) is 0 Å². The van der Waals surface area contributed by atoms with E-state index >= 15 is 0 Å². The molecule has 3 rings (SSSR count). The number of aromatic nitrogens is 4. The molecule has 0 atom stereocenters. The van der Waals surface area contributed by atoms with Crippen molar-refractivity contribution in [1.29, 1.82) is 0 Å². The fourth-order valence-electron chi connectivity index (χ4n) is 2.79. The van der Waals surface area contributed by atoms with Crippen LogP contribution in [0.3, 0.4) is 0 Å². The molecule has 0 unspecified atom stereocenters. The first-order valence-electron chi connectivity index (χ1n) is 7.93. The summed E-state index contributed by atoms with van der Waals surface area (Å²) in [5, 5.41) is 0. The van der Waals surface area contributed by atoms with Crippen molar-refractivity contribution < 1.29 is 0 Å². The van der Waals surface area contributed by atoms with E-state index in [0.29, 0.717) is 0 Å². The van der Waals surface area contributed by atoms with E-state index in [1.165, 1.54) is 5.56 Å². The van der Waals surface area contributed by atoms with Gasteiger partial charge in [-0.1, -0.05) is 13.8 Å². The summed E-state index contributed by atoms with van der Waals surface area (Å²) in [6, 6.07) is 0. The second kappa shape index (κ2) is 6.81. The average Bonchev–Trinajstić information content (AvgIpc) is 2.51. The van der Waals surface area contributed by atoms with Crippen molar-refractivity contribution in [2.45, 2.75) is 54.5 Å². The van der Waals surface area contributed by atoms with Crippen LogP contribution < -0.4 is 4.90 Å². The van der Waals surface area contributed by atoms with Crippen molar-refractivity contribution in [3.05, 3.63) is 40.4 Å². The molecular formula is C17H25N5. The molecule has 0 radical (unpaired) electrons. The minimum absolute atomic E-state index is 0.802. The van der Waals surface area contributed by atoms with Gasteiger partial charge in [0.25, 0.3) is 0 Å². The highest BCUT2D eigenvalue weighted by molar-refractivity contribution is 5.48. The third-order valence-corrected chi connectivity index (χ3v) is 3.75. The summed E-state index contributed by atoms with van der Waals surface area (Å²) in [7, 11) is 0. The Kier molecular flexibility index (Phi) is 5.06. The van der Waals surface area contributed by atoms with Crippen molar-refractivity contribution >= 4 is 5.82 Å². The number of nitrogens with zero attached hydrogens (tertiary/aromatic N) is 5. The SMILES string of the molecule is CC.Cc1nc(C)c2c(n1)CN(c1nc(C)ncc1C)CC2. The van der Waals surface area contributed by atoms with Crippen molar-refractivity contribution in [3.8, 4) is 0 Å². The fraction of sp³-hybridized carbons (Fsp3) is 0.529. The van der Waals surface area contributed by atoms with Gasteiger partial charge >= 0.3 is 0 Å². The first-order valence-corrected chi connectivity index (χ1v) is 7.93. The molecule has 1 aliphatic rings. The van der Waals surface area contributed by atoms with Gasteiger partial charge in [0.1, 0.15) is 17.5 Å². The second-order valence-electron chi connectivity index (χ2n) is 5.38. The van der Waals surface area contributed by atoms with Gasteiger partial charge in [0.15, 0.2) is 0 Å². The number of hydrogen-bond acceptors (Lipinski definition) is 5. The van der Waals surface area contributed by atoms with Crippen LogP contribution in [0.4, 0.5) is 5.82 Å². The number of rotatable bonds is 1. The summed E-state index contributed by atoms with van der Waals surface area (Å²) in [6.07, 6.45) is 2.87. The van der Waals surface area contributed by atoms with E-state index < -0.39 is 0 Å². The normalized spacial score (nSPS) is 13.3. The Morgan fingerprint density at radius 2 is 1.68 bits per heavy atom. The predicted molar refractivity (Wildman–Crippen MR) is 89.1 cm³/mol. The van der Waals surface area contributed by atoms with Crippen LogP contribution in [0.5, 0.6) is 0 Å².